The van der Waals surface area contributed by atoms with Crippen molar-refractivity contribution in [2.24, 2.45) is 4.99 Å². The van der Waals surface area contributed by atoms with Gasteiger partial charge in [-0.25, -0.2) is 0 Å². The summed E-state index contributed by atoms with van der Waals surface area (Å²) in [4.78, 5) is 18.7. The quantitative estimate of drug-likeness (QED) is 0.800. The van der Waals surface area contributed by atoms with E-state index in [4.69, 9.17) is 0 Å². The third kappa shape index (κ3) is 1.37. The number of benzene rings is 1. The largest absolute Gasteiger partial charge is 0.322 e. The van der Waals surface area contributed by atoms with Gasteiger partial charge in [0.15, 0.2) is 0 Å². The minimum atomic E-state index is -0.181. The summed E-state index contributed by atoms with van der Waals surface area (Å²) < 4.78 is 0. The molecule has 88 valence electrons. The average Bonchev–Trinajstić information content (AvgIpc) is 2.67. The van der Waals surface area contributed by atoms with E-state index in [0.29, 0.717) is 0 Å². The molecule has 0 aromatic heterocycles. The number of hydrogen-bond acceptors (Lipinski definition) is 3. The Labute approximate surface area is 100 Å². The van der Waals surface area contributed by atoms with Crippen molar-refractivity contribution < 1.29 is 4.79 Å². The summed E-state index contributed by atoms with van der Waals surface area (Å²) in [6.45, 7) is 4.07. The van der Waals surface area contributed by atoms with Crippen LogP contribution in [0, 0.1) is 0 Å². The number of aliphatic imine (C=N–C) groups is 1. The van der Waals surface area contributed by atoms with Gasteiger partial charge in [0.2, 0.25) is 5.91 Å². The zero-order valence-corrected chi connectivity index (χ0v) is 9.97. The van der Waals surface area contributed by atoms with E-state index >= 15 is 0 Å². The second-order valence-electron chi connectivity index (χ2n) is 4.46. The number of hydrogen-bond donors (Lipinski definition) is 1. The van der Waals surface area contributed by atoms with Crippen LogP contribution in [-0.4, -0.2) is 23.8 Å². The molecule has 2 unspecified atom stereocenters. The lowest BCUT2D eigenvalue weighted by Crippen LogP contribution is -2.50. The first-order valence-corrected chi connectivity index (χ1v) is 5.98. The van der Waals surface area contributed by atoms with Gasteiger partial charge in [-0.15, -0.1) is 0 Å². The number of carbonyl (C=O) groups is 1. The van der Waals surface area contributed by atoms with Crippen molar-refractivity contribution in [3.05, 3.63) is 24.3 Å². The molecule has 1 amide bonds. The molecular weight excluding hydrogens is 214 g/mol. The number of carbonyl (C=O) groups excluding carboxylic acids is 1. The maximum absolute atomic E-state index is 12.1. The lowest BCUT2D eigenvalue weighted by molar-refractivity contribution is -0.117. The lowest BCUT2D eigenvalue weighted by atomic mass is 10.0. The Hall–Kier alpha value is -1.84. The van der Waals surface area contributed by atoms with Crippen molar-refractivity contribution in [3.63, 3.8) is 0 Å². The molecule has 0 aliphatic carbocycles. The van der Waals surface area contributed by atoms with Gasteiger partial charge in [-0.3, -0.25) is 9.79 Å². The molecule has 1 N–H and O–H groups in total. The van der Waals surface area contributed by atoms with Crippen LogP contribution in [0.5, 0.6) is 0 Å². The van der Waals surface area contributed by atoms with Gasteiger partial charge in [0.1, 0.15) is 11.9 Å². The maximum Gasteiger partial charge on any atom is 0.249 e. The zero-order chi connectivity index (χ0) is 12.0. The summed E-state index contributed by atoms with van der Waals surface area (Å²) in [5.41, 5.74) is 1.94. The van der Waals surface area contributed by atoms with Crippen LogP contribution in [0.25, 0.3) is 0 Å². The first-order chi connectivity index (χ1) is 8.22. The van der Waals surface area contributed by atoms with Crippen LogP contribution in [0.2, 0.25) is 0 Å². The molecule has 4 nitrogen and oxygen atoms in total. The van der Waals surface area contributed by atoms with Gasteiger partial charge in [-0.2, -0.15) is 0 Å². The summed E-state index contributed by atoms with van der Waals surface area (Å²) in [5, 5.41) is 2.95. The smallest absolute Gasteiger partial charge is 0.249 e. The topological polar surface area (TPSA) is 44.7 Å². The second-order valence-corrected chi connectivity index (χ2v) is 4.46. The average molecular weight is 229 g/mol. The molecule has 0 fully saturated rings. The number of nitrogens with zero attached hydrogens (tertiary/aromatic N) is 2. The highest BCUT2D eigenvalue weighted by Gasteiger charge is 2.42. The Morgan fingerprint density at radius 2 is 2.18 bits per heavy atom. The number of rotatable bonds is 1. The van der Waals surface area contributed by atoms with Crippen molar-refractivity contribution in [1.29, 1.82) is 0 Å². The Morgan fingerprint density at radius 3 is 2.94 bits per heavy atom. The summed E-state index contributed by atoms with van der Waals surface area (Å²) >= 11 is 0. The molecular formula is C13H15N3O. The van der Waals surface area contributed by atoms with Crippen LogP contribution in [0.1, 0.15) is 20.3 Å². The van der Waals surface area contributed by atoms with Crippen LogP contribution in [0.3, 0.4) is 0 Å². The fraction of sp³-hybridized carbons (Fsp3) is 0.385. The van der Waals surface area contributed by atoms with Crippen LogP contribution in [0.4, 0.5) is 11.4 Å². The summed E-state index contributed by atoms with van der Waals surface area (Å²) in [7, 11) is 0. The van der Waals surface area contributed by atoms with Gasteiger partial charge in [-0.05, 0) is 19.1 Å². The van der Waals surface area contributed by atoms with Crippen molar-refractivity contribution in [1.82, 2.24) is 0 Å². The molecule has 3 rings (SSSR count). The van der Waals surface area contributed by atoms with Crippen LogP contribution in [0.15, 0.2) is 29.3 Å². The Bertz CT molecular complexity index is 509. The van der Waals surface area contributed by atoms with Crippen LogP contribution in [-0.2, 0) is 4.79 Å². The SMILES string of the molecule is CCC1=NC(C)C2C(=O)Nc3ccccc3N12. The van der Waals surface area contributed by atoms with Crippen molar-refractivity contribution in [3.8, 4) is 0 Å². The van der Waals surface area contributed by atoms with Gasteiger partial charge in [0.05, 0.1) is 17.4 Å². The molecule has 2 aliphatic rings. The molecule has 1 aromatic rings. The van der Waals surface area contributed by atoms with Gasteiger partial charge in [-0.1, -0.05) is 19.1 Å². The third-order valence-electron chi connectivity index (χ3n) is 3.37. The minimum absolute atomic E-state index is 0.0262. The molecule has 0 saturated carbocycles. The molecule has 0 bridgehead atoms. The molecule has 2 heterocycles. The van der Waals surface area contributed by atoms with Crippen LogP contribution < -0.4 is 10.2 Å². The number of amides is 1. The van der Waals surface area contributed by atoms with Crippen molar-refractivity contribution in [2.75, 3.05) is 10.2 Å². The van der Waals surface area contributed by atoms with Gasteiger partial charge < -0.3 is 10.2 Å². The van der Waals surface area contributed by atoms with Crippen molar-refractivity contribution >= 4 is 23.1 Å². The molecule has 0 saturated heterocycles. The summed E-state index contributed by atoms with van der Waals surface area (Å²) in [5.74, 6) is 1.05. The van der Waals surface area contributed by atoms with E-state index < -0.39 is 0 Å². The second kappa shape index (κ2) is 3.58. The summed E-state index contributed by atoms with van der Waals surface area (Å²) in [6.07, 6.45) is 0.850. The Balaban J connectivity index is 2.14. The molecule has 2 aliphatic heterocycles. The third-order valence-corrected chi connectivity index (χ3v) is 3.37. The first-order valence-electron chi connectivity index (χ1n) is 5.98. The monoisotopic (exact) mass is 229 g/mol. The molecule has 1 aromatic carbocycles. The van der Waals surface area contributed by atoms with E-state index in [1.807, 2.05) is 31.2 Å². The molecule has 17 heavy (non-hydrogen) atoms. The predicted molar refractivity (Wildman–Crippen MR) is 68.5 cm³/mol. The fourth-order valence-electron chi connectivity index (χ4n) is 2.63. The highest BCUT2D eigenvalue weighted by molar-refractivity contribution is 6.15. The van der Waals surface area contributed by atoms with Gasteiger partial charge >= 0.3 is 0 Å². The molecule has 0 radical (unpaired) electrons. The van der Waals surface area contributed by atoms with E-state index in [1.165, 1.54) is 0 Å². The molecule has 2 atom stereocenters. The number of fused-ring (bicyclic) bond motifs is 3. The minimum Gasteiger partial charge on any atom is -0.322 e. The standard InChI is InChI=1S/C13H15N3O/c1-3-11-14-8(2)12-13(17)15-9-6-4-5-7-10(9)16(11)12/h4-8,12H,3H2,1-2H3,(H,15,17). The van der Waals surface area contributed by atoms with E-state index in [0.717, 1.165) is 23.6 Å². The number of para-hydroxylation sites is 2. The Morgan fingerprint density at radius 1 is 1.41 bits per heavy atom. The van der Waals surface area contributed by atoms with E-state index in [2.05, 4.69) is 22.1 Å². The van der Waals surface area contributed by atoms with Gasteiger partial charge in [0.25, 0.3) is 0 Å². The highest BCUT2D eigenvalue weighted by Crippen LogP contribution is 2.36. The van der Waals surface area contributed by atoms with Crippen LogP contribution >= 0.6 is 0 Å². The van der Waals surface area contributed by atoms with E-state index in [1.54, 1.807) is 0 Å². The lowest BCUT2D eigenvalue weighted by Gasteiger charge is -2.34. The molecule has 0 spiro atoms. The fourth-order valence-corrected chi connectivity index (χ4v) is 2.63. The van der Waals surface area contributed by atoms with E-state index in [9.17, 15) is 4.79 Å². The summed E-state index contributed by atoms with van der Waals surface area (Å²) in [6, 6.07) is 7.73. The van der Waals surface area contributed by atoms with Crippen molar-refractivity contribution in [2.45, 2.75) is 32.4 Å². The number of anilines is 2. The predicted octanol–water partition coefficient (Wildman–Crippen LogP) is 2.02. The number of amidine groups is 1. The normalized spacial score (nSPS) is 26.1. The zero-order valence-electron chi connectivity index (χ0n) is 9.97. The maximum atomic E-state index is 12.1. The highest BCUT2D eigenvalue weighted by atomic mass is 16.2. The molecule has 4 heteroatoms. The van der Waals surface area contributed by atoms with E-state index in [-0.39, 0.29) is 18.0 Å². The first kappa shape index (κ1) is 10.3. The van der Waals surface area contributed by atoms with Gasteiger partial charge in [0, 0.05) is 6.42 Å². The Kier molecular flexibility index (Phi) is 2.18. The number of nitrogens with one attached hydrogen (secondary N) is 1.